The van der Waals surface area contributed by atoms with Gasteiger partial charge in [0.1, 0.15) is 11.3 Å². The van der Waals surface area contributed by atoms with Gasteiger partial charge in [0.15, 0.2) is 5.13 Å². The molecule has 0 aliphatic rings. The van der Waals surface area contributed by atoms with Crippen LogP contribution in [0.15, 0.2) is 72.8 Å². The van der Waals surface area contributed by atoms with Gasteiger partial charge in [-0.1, -0.05) is 35.6 Å². The predicted octanol–water partition coefficient (Wildman–Crippen LogP) is 5.25. The number of nitrogens with zero attached hydrogens (tertiary/aromatic N) is 2. The molecule has 0 spiro atoms. The summed E-state index contributed by atoms with van der Waals surface area (Å²) < 4.78 is 14.6. The second-order valence-corrected chi connectivity index (χ2v) is 7.56. The molecular weight excluding hydrogens is 387 g/mol. The SMILES string of the molecule is CN(CC(=O)Nc1ccc(Nc2ccccc2)cc1)c1nc2c(F)cccc2s1. The highest BCUT2D eigenvalue weighted by Gasteiger charge is 2.14. The van der Waals surface area contributed by atoms with Crippen molar-refractivity contribution in [2.24, 2.45) is 0 Å². The van der Waals surface area contributed by atoms with Crippen LogP contribution in [0.5, 0.6) is 0 Å². The van der Waals surface area contributed by atoms with Crippen molar-refractivity contribution in [3.05, 3.63) is 78.6 Å². The van der Waals surface area contributed by atoms with Crippen molar-refractivity contribution in [2.45, 2.75) is 0 Å². The molecular formula is C22H19FN4OS. The lowest BCUT2D eigenvalue weighted by atomic mass is 10.2. The van der Waals surface area contributed by atoms with Crippen LogP contribution in [0.2, 0.25) is 0 Å². The van der Waals surface area contributed by atoms with Gasteiger partial charge in [-0.2, -0.15) is 0 Å². The molecule has 5 nitrogen and oxygen atoms in total. The van der Waals surface area contributed by atoms with E-state index in [1.54, 1.807) is 18.0 Å². The molecule has 3 aromatic carbocycles. The molecule has 1 amide bonds. The molecule has 4 rings (SSSR count). The molecule has 0 saturated heterocycles. The summed E-state index contributed by atoms with van der Waals surface area (Å²) in [5.41, 5.74) is 2.97. The fraction of sp³-hybridized carbons (Fsp3) is 0.0909. The lowest BCUT2D eigenvalue weighted by Gasteiger charge is -2.15. The average molecular weight is 406 g/mol. The molecule has 0 bridgehead atoms. The van der Waals surface area contributed by atoms with Crippen LogP contribution in [0.25, 0.3) is 10.2 Å². The first-order valence-electron chi connectivity index (χ1n) is 9.07. The highest BCUT2D eigenvalue weighted by Crippen LogP contribution is 2.29. The van der Waals surface area contributed by atoms with Crippen LogP contribution >= 0.6 is 11.3 Å². The second-order valence-electron chi connectivity index (χ2n) is 6.56. The van der Waals surface area contributed by atoms with Crippen LogP contribution in [0.1, 0.15) is 0 Å². The third-order valence-electron chi connectivity index (χ3n) is 4.30. The van der Waals surface area contributed by atoms with Gasteiger partial charge < -0.3 is 15.5 Å². The lowest BCUT2D eigenvalue weighted by molar-refractivity contribution is -0.114. The predicted molar refractivity (Wildman–Crippen MR) is 118 cm³/mol. The van der Waals surface area contributed by atoms with Gasteiger partial charge in [-0.05, 0) is 48.5 Å². The van der Waals surface area contributed by atoms with E-state index in [0.29, 0.717) is 16.3 Å². The van der Waals surface area contributed by atoms with Gasteiger partial charge >= 0.3 is 0 Å². The summed E-state index contributed by atoms with van der Waals surface area (Å²) in [6, 6.07) is 22.2. The van der Waals surface area contributed by atoms with Gasteiger partial charge in [0.25, 0.3) is 0 Å². The highest BCUT2D eigenvalue weighted by molar-refractivity contribution is 7.22. The zero-order valence-electron chi connectivity index (χ0n) is 15.7. The minimum atomic E-state index is -0.355. The fourth-order valence-electron chi connectivity index (χ4n) is 2.88. The standard InChI is InChI=1S/C22H19FN4OS/c1-27(22-26-21-18(23)8-5-9-19(21)29-22)14-20(28)25-17-12-10-16(11-13-17)24-15-6-3-2-4-7-15/h2-13,24H,14H2,1H3,(H,25,28). The van der Waals surface area contributed by atoms with Gasteiger partial charge in [0.2, 0.25) is 5.91 Å². The van der Waals surface area contributed by atoms with Crippen LogP contribution in [-0.2, 0) is 4.79 Å². The molecule has 1 aromatic heterocycles. The summed E-state index contributed by atoms with van der Waals surface area (Å²) in [6.45, 7) is 0.117. The van der Waals surface area contributed by atoms with Crippen LogP contribution in [0.4, 0.5) is 26.6 Å². The Morgan fingerprint density at radius 2 is 1.66 bits per heavy atom. The number of benzene rings is 3. The van der Waals surface area contributed by atoms with Crippen molar-refractivity contribution in [1.82, 2.24) is 4.98 Å². The first kappa shape index (κ1) is 18.9. The van der Waals surface area contributed by atoms with Gasteiger partial charge in [-0.3, -0.25) is 4.79 Å². The van der Waals surface area contributed by atoms with Gasteiger partial charge in [0, 0.05) is 24.1 Å². The molecule has 0 fully saturated rings. The van der Waals surface area contributed by atoms with E-state index < -0.39 is 0 Å². The number of fused-ring (bicyclic) bond motifs is 1. The number of amides is 1. The molecule has 4 aromatic rings. The minimum absolute atomic E-state index is 0.117. The van der Waals surface area contributed by atoms with Crippen LogP contribution in [0, 0.1) is 5.82 Å². The number of aromatic nitrogens is 1. The third-order valence-corrected chi connectivity index (χ3v) is 5.43. The molecule has 0 atom stereocenters. The van der Waals surface area contributed by atoms with E-state index in [4.69, 9.17) is 0 Å². The number of thiazole rings is 1. The normalized spacial score (nSPS) is 10.7. The van der Waals surface area contributed by atoms with E-state index in [1.165, 1.54) is 17.4 Å². The summed E-state index contributed by atoms with van der Waals surface area (Å²) in [7, 11) is 1.77. The summed E-state index contributed by atoms with van der Waals surface area (Å²) in [4.78, 5) is 18.4. The number of anilines is 4. The summed E-state index contributed by atoms with van der Waals surface area (Å²) >= 11 is 1.36. The number of halogens is 1. The van der Waals surface area contributed by atoms with E-state index in [-0.39, 0.29) is 18.3 Å². The fourth-order valence-corrected chi connectivity index (χ4v) is 3.82. The maximum Gasteiger partial charge on any atom is 0.243 e. The number of rotatable bonds is 6. The largest absolute Gasteiger partial charge is 0.356 e. The van der Waals surface area contributed by atoms with Crippen molar-refractivity contribution >= 4 is 49.7 Å². The van der Waals surface area contributed by atoms with E-state index in [0.717, 1.165) is 16.1 Å². The first-order valence-corrected chi connectivity index (χ1v) is 9.88. The number of para-hydroxylation sites is 2. The molecule has 0 radical (unpaired) electrons. The Kier molecular flexibility index (Phi) is 5.39. The number of carbonyl (C=O) groups is 1. The van der Waals surface area contributed by atoms with Crippen LogP contribution in [0.3, 0.4) is 0 Å². The van der Waals surface area contributed by atoms with Crippen molar-refractivity contribution < 1.29 is 9.18 Å². The maximum atomic E-state index is 13.8. The zero-order chi connectivity index (χ0) is 20.2. The Balaban J connectivity index is 1.36. The monoisotopic (exact) mass is 406 g/mol. The lowest BCUT2D eigenvalue weighted by Crippen LogP contribution is -2.29. The third kappa shape index (κ3) is 4.52. The number of likely N-dealkylation sites (N-methyl/N-ethyl adjacent to an activating group) is 1. The Labute approximate surface area is 171 Å². The van der Waals surface area contributed by atoms with E-state index in [2.05, 4.69) is 15.6 Å². The summed E-state index contributed by atoms with van der Waals surface area (Å²) in [5.74, 6) is -0.525. The molecule has 7 heteroatoms. The molecule has 0 saturated carbocycles. The molecule has 0 unspecified atom stereocenters. The van der Waals surface area contributed by atoms with Gasteiger partial charge in [-0.15, -0.1) is 0 Å². The topological polar surface area (TPSA) is 57.3 Å². The first-order chi connectivity index (χ1) is 14.1. The smallest absolute Gasteiger partial charge is 0.243 e. The summed E-state index contributed by atoms with van der Waals surface area (Å²) in [6.07, 6.45) is 0. The van der Waals surface area contributed by atoms with E-state index >= 15 is 0 Å². The number of carbonyl (C=O) groups excluding carboxylic acids is 1. The number of hydrogen-bond donors (Lipinski definition) is 2. The van der Waals surface area contributed by atoms with Crippen molar-refractivity contribution in [2.75, 3.05) is 29.1 Å². The molecule has 29 heavy (non-hydrogen) atoms. The second kappa shape index (κ2) is 8.28. The highest BCUT2D eigenvalue weighted by atomic mass is 32.1. The zero-order valence-corrected chi connectivity index (χ0v) is 16.5. The summed E-state index contributed by atoms with van der Waals surface area (Å²) in [5, 5.41) is 6.77. The molecule has 2 N–H and O–H groups in total. The number of nitrogens with one attached hydrogen (secondary N) is 2. The van der Waals surface area contributed by atoms with Crippen molar-refractivity contribution in [3.8, 4) is 0 Å². The van der Waals surface area contributed by atoms with Crippen molar-refractivity contribution in [3.63, 3.8) is 0 Å². The Morgan fingerprint density at radius 3 is 2.38 bits per heavy atom. The van der Waals surface area contributed by atoms with Crippen molar-refractivity contribution in [1.29, 1.82) is 0 Å². The van der Waals surface area contributed by atoms with Crippen LogP contribution in [-0.4, -0.2) is 24.5 Å². The quantitative estimate of drug-likeness (QED) is 0.459. The van der Waals surface area contributed by atoms with E-state index in [9.17, 15) is 9.18 Å². The van der Waals surface area contributed by atoms with E-state index in [1.807, 2.05) is 60.7 Å². The Bertz CT molecular complexity index is 1130. The molecule has 0 aliphatic heterocycles. The van der Waals surface area contributed by atoms with Crippen LogP contribution < -0.4 is 15.5 Å². The molecule has 146 valence electrons. The number of hydrogen-bond acceptors (Lipinski definition) is 5. The van der Waals surface area contributed by atoms with Gasteiger partial charge in [-0.25, -0.2) is 9.37 Å². The van der Waals surface area contributed by atoms with Gasteiger partial charge in [0.05, 0.1) is 11.2 Å². The minimum Gasteiger partial charge on any atom is -0.356 e. The molecule has 0 aliphatic carbocycles. The Hall–Kier alpha value is -3.45. The maximum absolute atomic E-state index is 13.8. The Morgan fingerprint density at radius 1 is 0.966 bits per heavy atom. The average Bonchev–Trinajstić information content (AvgIpc) is 3.16. The molecule has 1 heterocycles.